The number of aliphatic hydroxyl groups is 2. The van der Waals surface area contributed by atoms with Gasteiger partial charge in [-0.05, 0) is 5.53 Å². The summed E-state index contributed by atoms with van der Waals surface area (Å²) in [5.74, 6) is 0.205. The predicted octanol–water partition coefficient (Wildman–Crippen LogP) is -0.662. The van der Waals surface area contributed by atoms with Crippen LogP contribution in [0.25, 0.3) is 21.6 Å². The van der Waals surface area contributed by atoms with E-state index in [-0.39, 0.29) is 5.82 Å². The number of fused-ring (bicyclic) bond motifs is 1. The quantitative estimate of drug-likeness (QED) is 0.383. The molecule has 0 saturated carbocycles. The van der Waals surface area contributed by atoms with Gasteiger partial charge in [0, 0.05) is 4.91 Å². The molecule has 1 aliphatic heterocycles. The minimum absolute atomic E-state index is 0.205. The molecular weight excluding hydrogens is 280 g/mol. The molecule has 0 amide bonds. The number of rotatable bonds is 3. The Morgan fingerprint density at radius 3 is 3.00 bits per heavy atom. The first-order valence-corrected chi connectivity index (χ1v) is 6.09. The Morgan fingerprint density at radius 2 is 2.29 bits per heavy atom. The van der Waals surface area contributed by atoms with Crippen molar-refractivity contribution in [1.82, 2.24) is 19.5 Å². The monoisotopic (exact) mass is 292 g/mol. The molecule has 3 heterocycles. The predicted molar refractivity (Wildman–Crippen MR) is 69.7 cm³/mol. The molecule has 0 aromatic carbocycles. The first-order valence-electron chi connectivity index (χ1n) is 6.09. The third-order valence-electron chi connectivity index (χ3n) is 3.36. The van der Waals surface area contributed by atoms with Crippen LogP contribution in [0, 0.1) is 0 Å². The maximum Gasteiger partial charge on any atom is 0.167 e. The van der Waals surface area contributed by atoms with Crippen LogP contribution in [0.3, 0.4) is 0 Å². The van der Waals surface area contributed by atoms with Crippen LogP contribution in [-0.4, -0.2) is 54.6 Å². The van der Waals surface area contributed by atoms with Gasteiger partial charge in [-0.1, -0.05) is 5.11 Å². The number of imidazole rings is 1. The zero-order valence-electron chi connectivity index (χ0n) is 10.7. The first-order chi connectivity index (χ1) is 10.2. The van der Waals surface area contributed by atoms with E-state index < -0.39 is 31.1 Å². The summed E-state index contributed by atoms with van der Waals surface area (Å²) < 4.78 is 7.03. The summed E-state index contributed by atoms with van der Waals surface area (Å²) in [4.78, 5) is 14.7. The Hall–Kier alpha value is -2.46. The fraction of sp³-hybridized carbons (Fsp3) is 0.500. The Bertz CT molecular complexity index is 711. The van der Waals surface area contributed by atoms with Gasteiger partial charge >= 0.3 is 0 Å². The van der Waals surface area contributed by atoms with E-state index in [0.717, 1.165) is 0 Å². The minimum atomic E-state index is -1.13. The number of nitrogen functional groups attached to an aromatic ring is 1. The van der Waals surface area contributed by atoms with Crippen LogP contribution in [0.2, 0.25) is 0 Å². The number of nitrogens with zero attached hydrogens (tertiary/aromatic N) is 7. The van der Waals surface area contributed by atoms with Crippen molar-refractivity contribution in [2.75, 3.05) is 12.3 Å². The van der Waals surface area contributed by atoms with E-state index >= 15 is 0 Å². The third-order valence-corrected chi connectivity index (χ3v) is 3.36. The smallest absolute Gasteiger partial charge is 0.167 e. The van der Waals surface area contributed by atoms with Crippen LogP contribution >= 0.6 is 0 Å². The molecular formula is C10H12N8O3. The van der Waals surface area contributed by atoms with Gasteiger partial charge < -0.3 is 20.7 Å². The lowest BCUT2D eigenvalue weighted by atomic mass is 10.1. The summed E-state index contributed by atoms with van der Waals surface area (Å²) in [6, 6.07) is -0.916. The highest BCUT2D eigenvalue weighted by atomic mass is 16.5. The lowest BCUT2D eigenvalue weighted by Gasteiger charge is -2.16. The third kappa shape index (κ3) is 2.04. The van der Waals surface area contributed by atoms with Crippen LogP contribution < -0.4 is 5.73 Å². The molecule has 0 spiro atoms. The molecule has 0 bridgehead atoms. The number of hydrogen-bond donors (Lipinski definition) is 3. The summed E-state index contributed by atoms with van der Waals surface area (Å²) in [7, 11) is 0. The van der Waals surface area contributed by atoms with Crippen molar-refractivity contribution in [3.63, 3.8) is 0 Å². The van der Waals surface area contributed by atoms with Gasteiger partial charge in [0.25, 0.3) is 0 Å². The molecule has 0 radical (unpaired) electrons. The Kier molecular flexibility index (Phi) is 3.31. The SMILES string of the molecule is [N-]=[N+]=NC1C(O)[C@@H](CO)O[C@H]1n1cnc2c(N)ncnc21. The van der Waals surface area contributed by atoms with Gasteiger partial charge in [0.1, 0.15) is 30.2 Å². The average Bonchev–Trinajstić information content (AvgIpc) is 3.03. The summed E-state index contributed by atoms with van der Waals surface area (Å²) in [5.41, 5.74) is 15.1. The van der Waals surface area contributed by atoms with Crippen molar-refractivity contribution in [2.24, 2.45) is 5.11 Å². The van der Waals surface area contributed by atoms with Crippen molar-refractivity contribution < 1.29 is 14.9 Å². The standard InChI is InChI=1S/C10H12N8O3/c11-8-6-9(14-2-13-8)18(3-15-6)10-5(16-17-12)7(20)4(1-19)21-10/h2-5,7,10,19-20H,1H2,(H2,11,13,14)/t4-,5?,7?,10-/m1/s1. The van der Waals surface area contributed by atoms with Crippen molar-refractivity contribution in [2.45, 2.75) is 24.5 Å². The van der Waals surface area contributed by atoms with E-state index in [4.69, 9.17) is 16.0 Å². The van der Waals surface area contributed by atoms with Crippen molar-refractivity contribution in [1.29, 1.82) is 0 Å². The van der Waals surface area contributed by atoms with Crippen LogP contribution in [0.5, 0.6) is 0 Å². The maximum absolute atomic E-state index is 10.0. The second-order valence-electron chi connectivity index (χ2n) is 4.52. The molecule has 0 aliphatic carbocycles. The fourth-order valence-electron chi connectivity index (χ4n) is 2.35. The van der Waals surface area contributed by atoms with Crippen LogP contribution in [-0.2, 0) is 4.74 Å². The second-order valence-corrected chi connectivity index (χ2v) is 4.52. The molecule has 110 valence electrons. The zero-order chi connectivity index (χ0) is 15.0. The van der Waals surface area contributed by atoms with Gasteiger partial charge in [0.05, 0.1) is 19.0 Å². The molecule has 1 fully saturated rings. The molecule has 21 heavy (non-hydrogen) atoms. The number of hydrogen-bond acceptors (Lipinski definition) is 8. The summed E-state index contributed by atoms with van der Waals surface area (Å²) >= 11 is 0. The number of ether oxygens (including phenoxy) is 1. The number of aliphatic hydroxyl groups excluding tert-OH is 2. The molecule has 11 nitrogen and oxygen atoms in total. The van der Waals surface area contributed by atoms with E-state index in [1.165, 1.54) is 17.2 Å². The van der Waals surface area contributed by atoms with E-state index in [1.54, 1.807) is 0 Å². The number of aromatic nitrogens is 4. The summed E-state index contributed by atoms with van der Waals surface area (Å²) in [5, 5.41) is 22.8. The number of nitrogens with two attached hydrogens (primary N) is 1. The molecule has 3 rings (SSSR count). The number of anilines is 1. The lowest BCUT2D eigenvalue weighted by Crippen LogP contribution is -2.31. The van der Waals surface area contributed by atoms with Gasteiger partial charge in [-0.3, -0.25) is 4.57 Å². The van der Waals surface area contributed by atoms with Gasteiger partial charge in [-0.25, -0.2) is 15.0 Å². The minimum Gasteiger partial charge on any atom is -0.394 e. The molecule has 2 aromatic rings. The van der Waals surface area contributed by atoms with E-state index in [2.05, 4.69) is 25.0 Å². The van der Waals surface area contributed by atoms with Gasteiger partial charge in [-0.15, -0.1) is 0 Å². The summed E-state index contributed by atoms with van der Waals surface area (Å²) in [6.45, 7) is -0.404. The van der Waals surface area contributed by atoms with Crippen LogP contribution in [0.15, 0.2) is 17.8 Å². The largest absolute Gasteiger partial charge is 0.394 e. The molecule has 1 aliphatic rings. The zero-order valence-corrected chi connectivity index (χ0v) is 10.7. The summed E-state index contributed by atoms with van der Waals surface area (Å²) in [6.07, 6.45) is -0.151. The van der Waals surface area contributed by atoms with Crippen molar-refractivity contribution in [3.8, 4) is 0 Å². The van der Waals surface area contributed by atoms with Gasteiger partial charge in [0.2, 0.25) is 0 Å². The average molecular weight is 292 g/mol. The van der Waals surface area contributed by atoms with Crippen molar-refractivity contribution >= 4 is 17.0 Å². The van der Waals surface area contributed by atoms with E-state index in [9.17, 15) is 10.2 Å². The molecule has 4 N–H and O–H groups in total. The maximum atomic E-state index is 10.0. The topological polar surface area (TPSA) is 168 Å². The second kappa shape index (κ2) is 5.14. The molecule has 4 atom stereocenters. The van der Waals surface area contributed by atoms with Crippen molar-refractivity contribution in [3.05, 3.63) is 23.1 Å². The van der Waals surface area contributed by atoms with E-state index in [1.807, 2.05) is 0 Å². The molecule has 1 saturated heterocycles. The highest BCUT2D eigenvalue weighted by molar-refractivity contribution is 5.81. The fourth-order valence-corrected chi connectivity index (χ4v) is 2.35. The van der Waals surface area contributed by atoms with E-state index in [0.29, 0.717) is 11.2 Å². The number of azide groups is 1. The Labute approximate surface area is 117 Å². The lowest BCUT2D eigenvalue weighted by molar-refractivity contribution is -0.0437. The normalized spacial score (nSPS) is 28.7. The molecule has 2 aromatic heterocycles. The highest BCUT2D eigenvalue weighted by Crippen LogP contribution is 2.33. The van der Waals surface area contributed by atoms with Gasteiger partial charge in [-0.2, -0.15) is 0 Å². The Balaban J connectivity index is 2.08. The Morgan fingerprint density at radius 1 is 1.48 bits per heavy atom. The molecule has 11 heteroatoms. The van der Waals surface area contributed by atoms with Gasteiger partial charge in [0.15, 0.2) is 11.5 Å². The molecule has 2 unspecified atom stereocenters. The highest BCUT2D eigenvalue weighted by Gasteiger charge is 2.44. The van der Waals surface area contributed by atoms with Crippen LogP contribution in [0.4, 0.5) is 5.82 Å². The first kappa shape index (κ1) is 13.5. The van der Waals surface area contributed by atoms with Crippen LogP contribution in [0.1, 0.15) is 6.23 Å².